The summed E-state index contributed by atoms with van der Waals surface area (Å²) in [6.07, 6.45) is 8.07. The third-order valence-electron chi connectivity index (χ3n) is 7.02. The molecule has 0 bridgehead atoms. The number of fused-ring (bicyclic) bond motifs is 2. The van der Waals surface area contributed by atoms with Crippen LogP contribution in [0.4, 0.5) is 0 Å². The molecule has 0 spiro atoms. The van der Waals surface area contributed by atoms with Gasteiger partial charge in [-0.2, -0.15) is 0 Å². The molecule has 2 aromatic heterocycles. The van der Waals surface area contributed by atoms with Crippen molar-refractivity contribution in [2.45, 2.75) is 57.0 Å². The molecule has 1 aliphatic carbocycles. The first kappa shape index (κ1) is 19.7. The maximum Gasteiger partial charge on any atom is 0.253 e. The molecular weight excluding hydrogens is 408 g/mol. The molecule has 1 saturated heterocycles. The molecule has 3 aliphatic rings. The van der Waals surface area contributed by atoms with Gasteiger partial charge in [-0.25, -0.2) is 4.68 Å². The summed E-state index contributed by atoms with van der Waals surface area (Å²) in [6.45, 7) is 2.91. The quantitative estimate of drug-likeness (QED) is 0.671. The number of benzene rings is 1. The number of aromatic nitrogens is 5. The molecule has 9 nitrogen and oxygen atoms in total. The molecule has 2 fully saturated rings. The maximum absolute atomic E-state index is 13.4. The van der Waals surface area contributed by atoms with E-state index in [4.69, 9.17) is 9.47 Å². The van der Waals surface area contributed by atoms with Crippen LogP contribution in [0.25, 0.3) is 10.9 Å². The number of nitrogens with one attached hydrogen (secondary N) is 1. The minimum atomic E-state index is -0.268. The summed E-state index contributed by atoms with van der Waals surface area (Å²) in [5.41, 5.74) is 1.32. The fourth-order valence-electron chi connectivity index (χ4n) is 5.43. The zero-order chi connectivity index (χ0) is 21.5. The minimum absolute atomic E-state index is 0.107. The van der Waals surface area contributed by atoms with Gasteiger partial charge in [-0.1, -0.05) is 19.3 Å². The van der Waals surface area contributed by atoms with Crippen molar-refractivity contribution >= 4 is 10.9 Å². The standard InChI is InChI=1S/C23H28N6O3/c30-23-17(12-15-13-19-20(14-18(15)24-23)32-11-10-31-19)21(28-8-4-5-9-28)22-25-26-27-29(22)16-6-2-1-3-7-16/h12-14,16,21H,1-11H2,(H,24,30)/t21-/m0/s1. The van der Waals surface area contributed by atoms with E-state index in [2.05, 4.69) is 25.4 Å². The molecule has 168 valence electrons. The second kappa shape index (κ2) is 8.20. The highest BCUT2D eigenvalue weighted by Crippen LogP contribution is 2.37. The molecule has 3 aromatic rings. The number of tetrazole rings is 1. The summed E-state index contributed by atoms with van der Waals surface area (Å²) in [6, 6.07) is 5.82. The Morgan fingerprint density at radius 1 is 0.969 bits per heavy atom. The third-order valence-corrected chi connectivity index (χ3v) is 7.02. The van der Waals surface area contributed by atoms with Crippen LogP contribution in [0.5, 0.6) is 11.5 Å². The molecule has 32 heavy (non-hydrogen) atoms. The summed E-state index contributed by atoms with van der Waals surface area (Å²) in [4.78, 5) is 18.8. The van der Waals surface area contributed by atoms with Gasteiger partial charge in [-0.15, -0.1) is 5.10 Å². The van der Waals surface area contributed by atoms with Crippen molar-refractivity contribution in [3.05, 3.63) is 39.9 Å². The van der Waals surface area contributed by atoms with E-state index in [1.807, 2.05) is 22.9 Å². The first-order valence-corrected chi connectivity index (χ1v) is 11.8. The lowest BCUT2D eigenvalue weighted by atomic mass is 9.95. The van der Waals surface area contributed by atoms with E-state index in [-0.39, 0.29) is 11.6 Å². The van der Waals surface area contributed by atoms with Gasteiger partial charge in [-0.05, 0) is 61.3 Å². The van der Waals surface area contributed by atoms with Crippen LogP contribution in [0.15, 0.2) is 23.0 Å². The van der Waals surface area contributed by atoms with E-state index in [1.165, 1.54) is 19.3 Å². The highest BCUT2D eigenvalue weighted by molar-refractivity contribution is 5.83. The Morgan fingerprint density at radius 2 is 1.72 bits per heavy atom. The highest BCUT2D eigenvalue weighted by Gasteiger charge is 2.34. The van der Waals surface area contributed by atoms with E-state index < -0.39 is 0 Å². The molecule has 0 radical (unpaired) electrons. The van der Waals surface area contributed by atoms with Crippen molar-refractivity contribution < 1.29 is 9.47 Å². The van der Waals surface area contributed by atoms with Crippen molar-refractivity contribution in [2.24, 2.45) is 0 Å². The van der Waals surface area contributed by atoms with Gasteiger partial charge in [0, 0.05) is 17.0 Å². The minimum Gasteiger partial charge on any atom is -0.486 e. The second-order valence-corrected chi connectivity index (χ2v) is 9.06. The molecule has 9 heteroatoms. The molecule has 6 rings (SSSR count). The van der Waals surface area contributed by atoms with E-state index in [0.717, 1.165) is 55.5 Å². The summed E-state index contributed by atoms with van der Waals surface area (Å²) in [5.74, 6) is 2.16. The van der Waals surface area contributed by atoms with Gasteiger partial charge >= 0.3 is 0 Å². The van der Waals surface area contributed by atoms with E-state index in [1.54, 1.807) is 0 Å². The topological polar surface area (TPSA) is 98.2 Å². The van der Waals surface area contributed by atoms with Crippen LogP contribution in [0, 0.1) is 0 Å². The van der Waals surface area contributed by atoms with Gasteiger partial charge in [0.05, 0.1) is 11.6 Å². The van der Waals surface area contributed by atoms with Gasteiger partial charge in [-0.3, -0.25) is 9.69 Å². The molecule has 0 unspecified atom stereocenters. The smallest absolute Gasteiger partial charge is 0.253 e. The highest BCUT2D eigenvalue weighted by atomic mass is 16.6. The Bertz CT molecular complexity index is 1180. The Morgan fingerprint density at radius 3 is 2.50 bits per heavy atom. The van der Waals surface area contributed by atoms with Gasteiger partial charge < -0.3 is 14.5 Å². The number of pyridine rings is 1. The fraction of sp³-hybridized carbons (Fsp3) is 0.565. The molecule has 1 aromatic carbocycles. The van der Waals surface area contributed by atoms with Gasteiger partial charge in [0.25, 0.3) is 5.56 Å². The van der Waals surface area contributed by atoms with Gasteiger partial charge in [0.15, 0.2) is 17.3 Å². The molecule has 1 saturated carbocycles. The number of H-pyrrole nitrogens is 1. The summed E-state index contributed by atoms with van der Waals surface area (Å²) >= 11 is 0. The van der Waals surface area contributed by atoms with Crippen LogP contribution in [-0.4, -0.2) is 56.4 Å². The van der Waals surface area contributed by atoms with Gasteiger partial charge in [0.1, 0.15) is 19.3 Å². The van der Waals surface area contributed by atoms with Crippen molar-refractivity contribution in [3.8, 4) is 11.5 Å². The van der Waals surface area contributed by atoms with Crippen LogP contribution in [0.1, 0.15) is 68.4 Å². The predicted molar refractivity (Wildman–Crippen MR) is 118 cm³/mol. The lowest BCUT2D eigenvalue weighted by Gasteiger charge is -2.29. The lowest BCUT2D eigenvalue weighted by molar-refractivity contribution is 0.172. The lowest BCUT2D eigenvalue weighted by Crippen LogP contribution is -2.34. The Hall–Kier alpha value is -2.94. The zero-order valence-corrected chi connectivity index (χ0v) is 18.1. The largest absolute Gasteiger partial charge is 0.486 e. The van der Waals surface area contributed by atoms with Crippen LogP contribution < -0.4 is 15.0 Å². The molecule has 0 amide bonds. The van der Waals surface area contributed by atoms with Crippen molar-refractivity contribution in [3.63, 3.8) is 0 Å². The summed E-state index contributed by atoms with van der Waals surface area (Å²) in [5, 5.41) is 13.8. The fourth-order valence-corrected chi connectivity index (χ4v) is 5.43. The molecule has 1 atom stereocenters. The number of hydrogen-bond acceptors (Lipinski definition) is 7. The van der Waals surface area contributed by atoms with Crippen LogP contribution in [-0.2, 0) is 0 Å². The Labute approximate surface area is 185 Å². The number of likely N-dealkylation sites (tertiary alicyclic amines) is 1. The zero-order valence-electron chi connectivity index (χ0n) is 18.1. The number of ether oxygens (including phenoxy) is 2. The van der Waals surface area contributed by atoms with E-state index in [9.17, 15) is 4.79 Å². The summed E-state index contributed by atoms with van der Waals surface area (Å²) in [7, 11) is 0. The molecule has 4 heterocycles. The average Bonchev–Trinajstić information content (AvgIpc) is 3.52. The van der Waals surface area contributed by atoms with E-state index in [0.29, 0.717) is 36.3 Å². The van der Waals surface area contributed by atoms with E-state index >= 15 is 0 Å². The summed E-state index contributed by atoms with van der Waals surface area (Å²) < 4.78 is 13.5. The predicted octanol–water partition coefficient (Wildman–Crippen LogP) is 2.98. The monoisotopic (exact) mass is 436 g/mol. The Balaban J connectivity index is 1.47. The van der Waals surface area contributed by atoms with Crippen molar-refractivity contribution in [2.75, 3.05) is 26.3 Å². The average molecular weight is 437 g/mol. The second-order valence-electron chi connectivity index (χ2n) is 9.06. The number of nitrogens with zero attached hydrogens (tertiary/aromatic N) is 5. The number of rotatable bonds is 4. The number of hydrogen-bond donors (Lipinski definition) is 1. The van der Waals surface area contributed by atoms with Crippen molar-refractivity contribution in [1.82, 2.24) is 30.1 Å². The van der Waals surface area contributed by atoms with Crippen molar-refractivity contribution in [1.29, 1.82) is 0 Å². The molecule has 2 aliphatic heterocycles. The van der Waals surface area contributed by atoms with Crippen LogP contribution in [0.2, 0.25) is 0 Å². The third kappa shape index (κ3) is 3.44. The van der Waals surface area contributed by atoms with Crippen LogP contribution >= 0.6 is 0 Å². The molecular formula is C23H28N6O3. The normalized spacial score (nSPS) is 20.6. The molecule has 1 N–H and O–H groups in total. The SMILES string of the molecule is O=c1[nH]c2cc3c(cc2cc1[C@@H](c1nnnn1C1CCCCC1)N1CCCC1)OCCO3. The first-order valence-electron chi connectivity index (χ1n) is 11.8. The number of aromatic amines is 1. The van der Waals surface area contributed by atoms with Gasteiger partial charge in [0.2, 0.25) is 0 Å². The van der Waals surface area contributed by atoms with Crippen LogP contribution in [0.3, 0.4) is 0 Å². The first-order chi connectivity index (χ1) is 15.8. The Kier molecular flexibility index (Phi) is 5.05. The maximum atomic E-state index is 13.4.